The molecule has 5 atom stereocenters. The van der Waals surface area contributed by atoms with E-state index in [-0.39, 0.29) is 23.5 Å². The summed E-state index contributed by atoms with van der Waals surface area (Å²) in [5.41, 5.74) is 6.44. The minimum Gasteiger partial charge on any atom is -0.387 e. The molecular weight excluding hydrogens is 434 g/mol. The van der Waals surface area contributed by atoms with Gasteiger partial charge in [-0.3, -0.25) is 9.09 Å². The van der Waals surface area contributed by atoms with E-state index in [2.05, 4.69) is 20.0 Å². The number of aliphatic hydroxyl groups is 2. The van der Waals surface area contributed by atoms with Gasteiger partial charge >= 0.3 is 13.8 Å². The quantitative estimate of drug-likeness (QED) is 0.241. The number of anilines is 1. The van der Waals surface area contributed by atoms with Crippen LogP contribution in [0, 0.1) is 6.08 Å². The van der Waals surface area contributed by atoms with E-state index in [0.29, 0.717) is 0 Å². The number of imidazole rings is 1. The molecule has 1 saturated heterocycles. The summed E-state index contributed by atoms with van der Waals surface area (Å²) >= 11 is 0. The molecule has 2 aromatic heterocycles. The van der Waals surface area contributed by atoms with Gasteiger partial charge in [0.05, 0.1) is 12.9 Å². The highest BCUT2D eigenvalue weighted by Gasteiger charge is 2.45. The first-order chi connectivity index (χ1) is 14.7. The van der Waals surface area contributed by atoms with Crippen molar-refractivity contribution in [2.24, 2.45) is 0 Å². The van der Waals surface area contributed by atoms with Crippen LogP contribution in [-0.2, 0) is 20.4 Å². The summed E-state index contributed by atoms with van der Waals surface area (Å²) in [5, 5.41) is 23.1. The normalized spacial score (nSPS) is 25.7. The molecule has 4 rings (SSSR count). The number of nitrogens with one attached hydrogen (secondary N) is 1. The monoisotopic (exact) mass is 454 g/mol. The highest BCUT2D eigenvalue weighted by atomic mass is 31.2. The largest absolute Gasteiger partial charge is 0.403 e. The van der Waals surface area contributed by atoms with Crippen molar-refractivity contribution in [1.82, 2.24) is 24.6 Å². The topological polar surface area (TPSA) is 178 Å². The number of hydrogen-bond acceptors (Lipinski definition) is 9. The van der Waals surface area contributed by atoms with Crippen molar-refractivity contribution in [3.8, 4) is 0 Å². The standard InChI is InChI=1S/C17H20FN6O6P/c18-17-22-14(19)11-15(23-17)24(8-20-11)16-13(26)12(25)10(30-16)7-29-31(27,28)21-6-9-4-2-1-3-5-9/h1-5,8,10,12-13,16,25-26H,6-7H2,(H2,19,22,23)(H2,21,27,28). The Morgan fingerprint density at radius 3 is 2.74 bits per heavy atom. The van der Waals surface area contributed by atoms with Gasteiger partial charge in [0.25, 0.3) is 0 Å². The first-order valence-corrected chi connectivity index (χ1v) is 10.8. The second-order valence-electron chi connectivity index (χ2n) is 6.88. The second-order valence-corrected chi connectivity index (χ2v) is 8.50. The molecule has 0 bridgehead atoms. The van der Waals surface area contributed by atoms with Gasteiger partial charge in [-0.25, -0.2) is 14.6 Å². The maximum Gasteiger partial charge on any atom is 0.403 e. The fraction of sp³-hybridized carbons (Fsp3) is 0.353. The zero-order valence-electron chi connectivity index (χ0n) is 15.9. The van der Waals surface area contributed by atoms with Gasteiger partial charge in [-0.05, 0) is 5.56 Å². The van der Waals surface area contributed by atoms with Crippen LogP contribution in [0.1, 0.15) is 11.8 Å². The van der Waals surface area contributed by atoms with Crippen molar-refractivity contribution in [1.29, 1.82) is 0 Å². The third-order valence-corrected chi connectivity index (χ3v) is 5.83. The van der Waals surface area contributed by atoms with Gasteiger partial charge in [-0.2, -0.15) is 14.4 Å². The molecule has 1 aliphatic rings. The van der Waals surface area contributed by atoms with Crippen molar-refractivity contribution in [3.05, 3.63) is 48.3 Å². The van der Waals surface area contributed by atoms with Crippen LogP contribution in [0.3, 0.4) is 0 Å². The molecule has 0 spiro atoms. The van der Waals surface area contributed by atoms with Gasteiger partial charge in [0, 0.05) is 6.54 Å². The van der Waals surface area contributed by atoms with Crippen LogP contribution in [0.4, 0.5) is 10.2 Å². The summed E-state index contributed by atoms with van der Waals surface area (Å²) in [5.74, 6) is -0.195. The van der Waals surface area contributed by atoms with E-state index in [1.54, 1.807) is 24.3 Å². The molecule has 5 unspecified atom stereocenters. The van der Waals surface area contributed by atoms with Crippen molar-refractivity contribution < 1.29 is 33.3 Å². The summed E-state index contributed by atoms with van der Waals surface area (Å²) in [6.45, 7) is -0.413. The maximum atomic E-state index is 13.6. The molecule has 0 amide bonds. The number of halogens is 1. The SMILES string of the molecule is Nc1nc(F)nc2c1ncn2C1OC(COP(=O)(O)NCc2ccccc2)C(O)C1O. The van der Waals surface area contributed by atoms with Gasteiger partial charge in [-0.15, -0.1) is 0 Å². The number of nitrogens with two attached hydrogens (primary N) is 1. The average Bonchev–Trinajstić information content (AvgIpc) is 3.27. The van der Waals surface area contributed by atoms with Gasteiger partial charge in [-0.1, -0.05) is 30.3 Å². The van der Waals surface area contributed by atoms with Gasteiger partial charge in [0.15, 0.2) is 23.2 Å². The van der Waals surface area contributed by atoms with Crippen molar-refractivity contribution in [3.63, 3.8) is 0 Å². The lowest BCUT2D eigenvalue weighted by molar-refractivity contribution is -0.0488. The van der Waals surface area contributed by atoms with Gasteiger partial charge in [0.2, 0.25) is 0 Å². The lowest BCUT2D eigenvalue weighted by Gasteiger charge is -2.18. The number of nitrogens with zero attached hydrogens (tertiary/aromatic N) is 4. The summed E-state index contributed by atoms with van der Waals surface area (Å²) in [6, 6.07) is 8.93. The van der Waals surface area contributed by atoms with E-state index in [4.69, 9.17) is 15.0 Å². The number of aromatic nitrogens is 4. The molecule has 0 radical (unpaired) electrons. The number of nitrogen functional groups attached to an aromatic ring is 1. The van der Waals surface area contributed by atoms with E-state index in [0.717, 1.165) is 5.56 Å². The van der Waals surface area contributed by atoms with Crippen molar-refractivity contribution in [2.75, 3.05) is 12.3 Å². The van der Waals surface area contributed by atoms with Crippen LogP contribution >= 0.6 is 7.75 Å². The van der Waals surface area contributed by atoms with Gasteiger partial charge < -0.3 is 25.6 Å². The van der Waals surface area contributed by atoms with Crippen LogP contribution in [0.15, 0.2) is 36.7 Å². The number of benzene rings is 1. The second kappa shape index (κ2) is 8.55. The molecule has 31 heavy (non-hydrogen) atoms. The molecule has 1 fully saturated rings. The molecular formula is C17H20FN6O6P. The molecule has 12 nitrogen and oxygen atoms in total. The number of rotatable bonds is 7. The predicted molar refractivity (Wildman–Crippen MR) is 105 cm³/mol. The summed E-state index contributed by atoms with van der Waals surface area (Å²) in [6.07, 6.45) is -5.18. The van der Waals surface area contributed by atoms with E-state index >= 15 is 0 Å². The fourth-order valence-corrected chi connectivity index (χ4v) is 4.02. The highest BCUT2D eigenvalue weighted by Crippen LogP contribution is 2.39. The van der Waals surface area contributed by atoms with Crippen molar-refractivity contribution >= 4 is 24.7 Å². The Labute approximate surface area is 175 Å². The molecule has 0 saturated carbocycles. The average molecular weight is 454 g/mol. The molecule has 6 N–H and O–H groups in total. The Hall–Kier alpha value is -2.51. The number of fused-ring (bicyclic) bond motifs is 1. The summed E-state index contributed by atoms with van der Waals surface area (Å²) < 4.78 is 37.6. The number of hydrogen-bond donors (Lipinski definition) is 5. The zero-order chi connectivity index (χ0) is 22.2. The van der Waals surface area contributed by atoms with E-state index in [1.165, 1.54) is 10.9 Å². The Morgan fingerprint density at radius 2 is 2.00 bits per heavy atom. The third kappa shape index (κ3) is 4.57. The predicted octanol–water partition coefficient (Wildman–Crippen LogP) is 0.0736. The zero-order valence-corrected chi connectivity index (χ0v) is 16.8. The first kappa shape index (κ1) is 21.7. The third-order valence-electron chi connectivity index (χ3n) is 4.77. The molecule has 0 aliphatic carbocycles. The lowest BCUT2D eigenvalue weighted by Crippen LogP contribution is -2.34. The Morgan fingerprint density at radius 1 is 1.26 bits per heavy atom. The minimum atomic E-state index is -4.22. The number of ether oxygens (including phenoxy) is 1. The fourth-order valence-electron chi connectivity index (χ4n) is 3.20. The summed E-state index contributed by atoms with van der Waals surface area (Å²) in [4.78, 5) is 20.9. The molecule has 1 aliphatic heterocycles. The summed E-state index contributed by atoms with van der Waals surface area (Å²) in [7, 11) is -4.22. The smallest absolute Gasteiger partial charge is 0.387 e. The number of aliphatic hydroxyl groups excluding tert-OH is 2. The maximum absolute atomic E-state index is 13.6. The molecule has 3 heterocycles. The van der Waals surface area contributed by atoms with Crippen LogP contribution in [0.25, 0.3) is 11.2 Å². The van der Waals surface area contributed by atoms with Crippen LogP contribution in [-0.4, -0.2) is 59.5 Å². The first-order valence-electron chi connectivity index (χ1n) is 9.19. The van der Waals surface area contributed by atoms with Crippen LogP contribution < -0.4 is 10.8 Å². The van der Waals surface area contributed by atoms with E-state index < -0.39 is 45.0 Å². The Bertz CT molecular complexity index is 1120. The van der Waals surface area contributed by atoms with Crippen LogP contribution in [0.2, 0.25) is 0 Å². The van der Waals surface area contributed by atoms with E-state index in [1.807, 2.05) is 6.07 Å². The minimum absolute atomic E-state index is 0.0415. The van der Waals surface area contributed by atoms with Crippen molar-refractivity contribution in [2.45, 2.75) is 31.1 Å². The van der Waals surface area contributed by atoms with Gasteiger partial charge in [0.1, 0.15) is 18.3 Å². The molecule has 3 aromatic rings. The Balaban J connectivity index is 1.43. The molecule has 166 valence electrons. The van der Waals surface area contributed by atoms with Crippen LogP contribution in [0.5, 0.6) is 0 Å². The molecule has 14 heteroatoms. The highest BCUT2D eigenvalue weighted by molar-refractivity contribution is 7.50. The Kier molecular flexibility index (Phi) is 5.99. The lowest BCUT2D eigenvalue weighted by atomic mass is 10.1. The molecule has 1 aromatic carbocycles. The van der Waals surface area contributed by atoms with E-state index in [9.17, 15) is 24.1 Å².